The van der Waals surface area contributed by atoms with Gasteiger partial charge in [-0.1, -0.05) is 58.3 Å². The molecule has 0 fully saturated rings. The molecule has 0 aliphatic rings. The van der Waals surface area contributed by atoms with Gasteiger partial charge in [0.05, 0.1) is 0 Å². The smallest absolute Gasteiger partial charge is 0.756 e. The molecule has 128 valence electrons. The van der Waals surface area contributed by atoms with Gasteiger partial charge in [-0.15, -0.1) is 0 Å². The summed E-state index contributed by atoms with van der Waals surface area (Å²) in [5.41, 5.74) is 0. The largest absolute Gasteiger partial charge is 2.00 e. The molecule has 0 bridgehead atoms. The molecule has 7 nitrogen and oxygen atoms in total. The molecule has 9 heteroatoms. The zero-order chi connectivity index (χ0) is 17.1. The number of hydrogen-bond donors (Lipinski definition) is 2. The number of carboxylic acids is 1. The van der Waals surface area contributed by atoms with E-state index in [2.05, 4.69) is 6.92 Å². The number of carbonyl (C=O) groups is 2. The molecular formula is C13H27O7PZn. The van der Waals surface area contributed by atoms with Gasteiger partial charge in [0.2, 0.25) is 0 Å². The maximum absolute atomic E-state index is 10.1. The summed E-state index contributed by atoms with van der Waals surface area (Å²) in [5, 5.41) is 10.1. The van der Waals surface area contributed by atoms with Crippen molar-refractivity contribution < 1.29 is 53.4 Å². The standard InChI is InChI=1S/C12H24O2.CH2O.H3O4P.Zn/c1-2-3-4-5-6-7-8-9-10-11-12(13)14;1-2;1-5(2,3)4;/h2-11H2,1H3,(H,13,14);1H2;(H3,1,2,3,4);/q;;;+2/p-2. The van der Waals surface area contributed by atoms with Crippen molar-refractivity contribution in [3.8, 4) is 0 Å². The molecule has 0 atom stereocenters. The fraction of sp³-hybridized carbons (Fsp3) is 0.846. The van der Waals surface area contributed by atoms with Crippen LogP contribution in [0.3, 0.4) is 0 Å². The number of unbranched alkanes of at least 4 members (excludes halogenated alkanes) is 8. The quantitative estimate of drug-likeness (QED) is 0.320. The summed E-state index contributed by atoms with van der Waals surface area (Å²) < 4.78 is 8.77. The van der Waals surface area contributed by atoms with Crippen molar-refractivity contribution in [2.45, 2.75) is 71.1 Å². The van der Waals surface area contributed by atoms with Gasteiger partial charge in [0.25, 0.3) is 7.82 Å². The van der Waals surface area contributed by atoms with E-state index in [0.717, 1.165) is 12.8 Å². The third-order valence-corrected chi connectivity index (χ3v) is 2.48. The van der Waals surface area contributed by atoms with Gasteiger partial charge in [-0.3, -0.25) is 4.57 Å². The third-order valence-electron chi connectivity index (χ3n) is 2.48. The SMILES string of the molecule is C=O.CCCCCCCCCCCC(=O)[O-].O=P([O-])(O)O.[Zn+2]. The number of aliphatic carboxylic acids is 1. The molecule has 0 amide bonds. The summed E-state index contributed by atoms with van der Waals surface area (Å²) >= 11 is 0. The zero-order valence-corrected chi connectivity index (χ0v) is 17.2. The fourth-order valence-corrected chi connectivity index (χ4v) is 1.58. The molecular weight excluding hydrogens is 364 g/mol. The molecule has 0 unspecified atom stereocenters. The minimum Gasteiger partial charge on any atom is -0.756 e. The van der Waals surface area contributed by atoms with Crippen LogP contribution >= 0.6 is 7.82 Å². The Hall–Kier alpha value is -0.127. The normalized spacial score (nSPS) is 9.45. The first-order valence-corrected chi connectivity index (χ1v) is 8.55. The van der Waals surface area contributed by atoms with Crippen molar-refractivity contribution in [2.24, 2.45) is 0 Å². The molecule has 0 aliphatic carbocycles. The summed E-state index contributed by atoms with van der Waals surface area (Å²) in [7, 11) is -4.89. The van der Waals surface area contributed by atoms with Crippen molar-refractivity contribution in [3.05, 3.63) is 0 Å². The van der Waals surface area contributed by atoms with Gasteiger partial charge in [0.15, 0.2) is 0 Å². The maximum atomic E-state index is 10.1. The molecule has 0 saturated heterocycles. The van der Waals surface area contributed by atoms with Crippen LogP contribution in [-0.4, -0.2) is 22.5 Å². The van der Waals surface area contributed by atoms with E-state index >= 15 is 0 Å². The Morgan fingerprint density at radius 1 is 0.955 bits per heavy atom. The van der Waals surface area contributed by atoms with Crippen molar-refractivity contribution in [3.63, 3.8) is 0 Å². The van der Waals surface area contributed by atoms with Crippen molar-refractivity contribution in [2.75, 3.05) is 0 Å². The average Bonchev–Trinajstić information content (AvgIpc) is 2.37. The molecule has 0 aromatic rings. The summed E-state index contributed by atoms with van der Waals surface area (Å²) in [5.74, 6) is -0.909. The number of hydrogen-bond acceptors (Lipinski definition) is 5. The van der Waals surface area contributed by atoms with Crippen LogP contribution in [-0.2, 0) is 33.6 Å². The minimum absolute atomic E-state index is 0. The summed E-state index contributed by atoms with van der Waals surface area (Å²) in [6, 6.07) is 0. The number of phosphoric acid groups is 1. The van der Waals surface area contributed by atoms with Crippen LogP contribution < -0.4 is 10.00 Å². The van der Waals surface area contributed by atoms with Gasteiger partial charge in [-0.05, 0) is 12.8 Å². The molecule has 0 aromatic heterocycles. The Morgan fingerprint density at radius 2 is 1.23 bits per heavy atom. The van der Waals surface area contributed by atoms with E-state index in [0.29, 0.717) is 0 Å². The van der Waals surface area contributed by atoms with Crippen molar-refractivity contribution >= 4 is 20.6 Å². The van der Waals surface area contributed by atoms with E-state index in [9.17, 15) is 9.90 Å². The van der Waals surface area contributed by atoms with Gasteiger partial charge in [-0.25, -0.2) is 0 Å². The van der Waals surface area contributed by atoms with Gasteiger partial charge in [0, 0.05) is 5.97 Å². The van der Waals surface area contributed by atoms with E-state index in [1.165, 1.54) is 44.9 Å². The van der Waals surface area contributed by atoms with E-state index in [1.54, 1.807) is 0 Å². The first kappa shape index (κ1) is 29.8. The van der Waals surface area contributed by atoms with Gasteiger partial charge in [-0.2, -0.15) is 0 Å². The van der Waals surface area contributed by atoms with Gasteiger partial charge >= 0.3 is 19.5 Å². The van der Waals surface area contributed by atoms with E-state index < -0.39 is 13.8 Å². The second-order valence-corrected chi connectivity index (χ2v) is 5.42. The molecule has 0 aromatic carbocycles. The molecule has 0 heterocycles. The maximum Gasteiger partial charge on any atom is 2.00 e. The van der Waals surface area contributed by atoms with Crippen LogP contribution in [0.15, 0.2) is 0 Å². The zero-order valence-electron chi connectivity index (χ0n) is 13.4. The molecule has 2 N–H and O–H groups in total. The van der Waals surface area contributed by atoms with Crippen LogP contribution in [0.4, 0.5) is 0 Å². The molecule has 0 spiro atoms. The first-order chi connectivity index (χ1) is 9.77. The molecule has 22 heavy (non-hydrogen) atoms. The Kier molecular flexibility index (Phi) is 31.4. The molecule has 0 radical (unpaired) electrons. The minimum atomic E-state index is -4.89. The van der Waals surface area contributed by atoms with Crippen LogP contribution in [0.2, 0.25) is 0 Å². The summed E-state index contributed by atoms with van der Waals surface area (Å²) in [6.07, 6.45) is 11.2. The third kappa shape index (κ3) is 59.9. The Labute approximate surface area is 145 Å². The van der Waals surface area contributed by atoms with Gasteiger partial charge in [0.1, 0.15) is 6.79 Å². The molecule has 0 saturated carbocycles. The topological polar surface area (TPSA) is 138 Å². The molecule has 0 rings (SSSR count). The Balaban J connectivity index is -0.000000172. The van der Waals surface area contributed by atoms with Crippen molar-refractivity contribution in [1.29, 1.82) is 0 Å². The molecule has 0 aliphatic heterocycles. The summed E-state index contributed by atoms with van der Waals surface area (Å²) in [4.78, 5) is 41.0. The Morgan fingerprint density at radius 3 is 1.50 bits per heavy atom. The monoisotopic (exact) mass is 390 g/mol. The van der Waals surface area contributed by atoms with Crippen LogP contribution in [0.5, 0.6) is 0 Å². The number of carboxylic acid groups (broad SMARTS) is 1. The van der Waals surface area contributed by atoms with Crippen LogP contribution in [0.1, 0.15) is 71.1 Å². The van der Waals surface area contributed by atoms with E-state index in [1.807, 2.05) is 6.79 Å². The number of rotatable bonds is 10. The fourth-order valence-electron chi connectivity index (χ4n) is 1.58. The van der Waals surface area contributed by atoms with E-state index in [-0.39, 0.29) is 25.9 Å². The second-order valence-electron chi connectivity index (χ2n) is 4.44. The predicted molar refractivity (Wildman–Crippen MR) is 76.0 cm³/mol. The van der Waals surface area contributed by atoms with Crippen LogP contribution in [0, 0.1) is 0 Å². The van der Waals surface area contributed by atoms with E-state index in [4.69, 9.17) is 24.0 Å². The summed E-state index contributed by atoms with van der Waals surface area (Å²) in [6.45, 7) is 4.22. The van der Waals surface area contributed by atoms with Crippen molar-refractivity contribution in [1.82, 2.24) is 0 Å². The number of carbonyl (C=O) groups excluding carboxylic acids is 2. The Bertz CT molecular complexity index is 263. The average molecular weight is 392 g/mol. The van der Waals surface area contributed by atoms with Gasteiger partial charge < -0.3 is 29.4 Å². The predicted octanol–water partition coefficient (Wildman–Crippen LogP) is 0.909. The first-order valence-electron chi connectivity index (χ1n) is 7.02. The second kappa shape index (κ2) is 23.1. The van der Waals surface area contributed by atoms with Crippen LogP contribution in [0.25, 0.3) is 0 Å².